The Morgan fingerprint density at radius 3 is 2.41 bits per heavy atom. The number of amides is 2. The molecule has 0 atom stereocenters. The molecule has 0 aliphatic carbocycles. The maximum Gasteiger partial charge on any atom is 0.305 e. The van der Waals surface area contributed by atoms with Gasteiger partial charge >= 0.3 is 5.91 Å². The van der Waals surface area contributed by atoms with Gasteiger partial charge < -0.3 is 4.42 Å². The van der Waals surface area contributed by atoms with Gasteiger partial charge in [0.05, 0.1) is 11.3 Å². The summed E-state index contributed by atoms with van der Waals surface area (Å²) in [6, 6.07) is 16.1. The summed E-state index contributed by atoms with van der Waals surface area (Å²) >= 11 is 0. The standard InChI is InChI=1S/C20H17FN2O5S/c21-15-6-4-5-14(11-15)12-19(24)22-23-20(25)18-10-9-16(28-18)13-29(26,27)17-7-2-1-3-8-17/h1-11H,12-13H2,(H,22,24)(H,23,25). The Kier molecular flexibility index (Phi) is 6.08. The lowest BCUT2D eigenvalue weighted by Gasteiger charge is -2.06. The summed E-state index contributed by atoms with van der Waals surface area (Å²) in [6.07, 6.45) is -0.128. The summed E-state index contributed by atoms with van der Waals surface area (Å²) < 4.78 is 43.1. The third-order valence-electron chi connectivity index (χ3n) is 3.89. The first-order valence-electron chi connectivity index (χ1n) is 8.54. The highest BCUT2D eigenvalue weighted by molar-refractivity contribution is 7.90. The second-order valence-corrected chi connectivity index (χ2v) is 8.14. The van der Waals surface area contributed by atoms with E-state index in [1.165, 1.54) is 42.5 Å². The van der Waals surface area contributed by atoms with E-state index >= 15 is 0 Å². The molecule has 0 radical (unpaired) electrons. The van der Waals surface area contributed by atoms with E-state index in [0.717, 1.165) is 0 Å². The van der Waals surface area contributed by atoms with Crippen LogP contribution in [0.1, 0.15) is 21.9 Å². The van der Waals surface area contributed by atoms with Crippen molar-refractivity contribution in [1.82, 2.24) is 10.9 Å². The molecule has 150 valence electrons. The minimum Gasteiger partial charge on any atom is -0.455 e. The maximum absolute atomic E-state index is 13.1. The van der Waals surface area contributed by atoms with Gasteiger partial charge in [-0.3, -0.25) is 20.4 Å². The van der Waals surface area contributed by atoms with Crippen LogP contribution >= 0.6 is 0 Å². The molecule has 1 heterocycles. The van der Waals surface area contributed by atoms with Gasteiger partial charge in [-0.2, -0.15) is 0 Å². The van der Waals surface area contributed by atoms with Crippen LogP contribution in [-0.2, 0) is 26.8 Å². The van der Waals surface area contributed by atoms with Gasteiger partial charge in [0, 0.05) is 0 Å². The Morgan fingerprint density at radius 2 is 1.69 bits per heavy atom. The van der Waals surface area contributed by atoms with Crippen molar-refractivity contribution in [3.05, 3.63) is 89.6 Å². The molecular formula is C20H17FN2O5S. The smallest absolute Gasteiger partial charge is 0.305 e. The van der Waals surface area contributed by atoms with Crippen LogP contribution in [0, 0.1) is 5.82 Å². The molecule has 2 N–H and O–H groups in total. The summed E-state index contributed by atoms with van der Waals surface area (Å²) in [5.74, 6) is -2.24. The topological polar surface area (TPSA) is 105 Å². The van der Waals surface area contributed by atoms with Crippen LogP contribution in [0.2, 0.25) is 0 Å². The second-order valence-electron chi connectivity index (χ2n) is 6.15. The lowest BCUT2D eigenvalue weighted by molar-refractivity contribution is -0.121. The van der Waals surface area contributed by atoms with Crippen LogP contribution in [0.5, 0.6) is 0 Å². The number of hydrazine groups is 1. The van der Waals surface area contributed by atoms with E-state index in [1.54, 1.807) is 24.3 Å². The largest absolute Gasteiger partial charge is 0.455 e. The first-order valence-corrected chi connectivity index (χ1v) is 10.2. The Labute approximate surface area is 166 Å². The van der Waals surface area contributed by atoms with Crippen molar-refractivity contribution in [3.63, 3.8) is 0 Å². The molecule has 9 heteroatoms. The van der Waals surface area contributed by atoms with Crippen molar-refractivity contribution in [1.29, 1.82) is 0 Å². The van der Waals surface area contributed by atoms with E-state index in [-0.39, 0.29) is 22.8 Å². The van der Waals surface area contributed by atoms with Crippen LogP contribution in [0.15, 0.2) is 76.0 Å². The van der Waals surface area contributed by atoms with E-state index in [4.69, 9.17) is 4.42 Å². The number of halogens is 1. The Balaban J connectivity index is 1.56. The average Bonchev–Trinajstić information content (AvgIpc) is 3.15. The van der Waals surface area contributed by atoms with Crippen LogP contribution in [-0.4, -0.2) is 20.2 Å². The molecule has 0 spiro atoms. The van der Waals surface area contributed by atoms with Crippen molar-refractivity contribution in [2.75, 3.05) is 0 Å². The Bertz CT molecular complexity index is 1130. The molecule has 0 aliphatic rings. The van der Waals surface area contributed by atoms with Crippen molar-refractivity contribution >= 4 is 21.7 Å². The fourth-order valence-electron chi connectivity index (χ4n) is 2.54. The van der Waals surface area contributed by atoms with Gasteiger partial charge in [-0.15, -0.1) is 0 Å². The lowest BCUT2D eigenvalue weighted by atomic mass is 10.1. The molecule has 7 nitrogen and oxygen atoms in total. The SMILES string of the molecule is O=C(Cc1cccc(F)c1)NNC(=O)c1ccc(CS(=O)(=O)c2ccccc2)o1. The molecule has 0 saturated heterocycles. The third-order valence-corrected chi connectivity index (χ3v) is 5.54. The fraction of sp³-hybridized carbons (Fsp3) is 0.100. The number of rotatable bonds is 6. The highest BCUT2D eigenvalue weighted by Crippen LogP contribution is 2.18. The predicted molar refractivity (Wildman–Crippen MR) is 102 cm³/mol. The van der Waals surface area contributed by atoms with Gasteiger partial charge in [0.15, 0.2) is 15.6 Å². The number of sulfone groups is 1. The van der Waals surface area contributed by atoms with E-state index in [2.05, 4.69) is 10.9 Å². The number of carbonyl (C=O) groups excluding carboxylic acids is 2. The van der Waals surface area contributed by atoms with Gasteiger partial charge in [0.2, 0.25) is 5.91 Å². The predicted octanol–water partition coefficient (Wildman–Crippen LogP) is 2.40. The quantitative estimate of drug-likeness (QED) is 0.601. The van der Waals surface area contributed by atoms with Gasteiger partial charge in [-0.05, 0) is 42.0 Å². The van der Waals surface area contributed by atoms with E-state index in [9.17, 15) is 22.4 Å². The second kappa shape index (κ2) is 8.70. The van der Waals surface area contributed by atoms with Gasteiger partial charge in [-0.1, -0.05) is 30.3 Å². The molecule has 0 aliphatic heterocycles. The van der Waals surface area contributed by atoms with Crippen molar-refractivity contribution in [3.8, 4) is 0 Å². The molecular weight excluding hydrogens is 399 g/mol. The number of nitrogens with one attached hydrogen (secondary N) is 2. The fourth-order valence-corrected chi connectivity index (χ4v) is 3.81. The highest BCUT2D eigenvalue weighted by atomic mass is 32.2. The zero-order valence-corrected chi connectivity index (χ0v) is 15.9. The van der Waals surface area contributed by atoms with E-state index in [1.807, 2.05) is 0 Å². The summed E-state index contributed by atoms with van der Waals surface area (Å²) in [5, 5.41) is 0. The van der Waals surface area contributed by atoms with E-state index in [0.29, 0.717) is 5.56 Å². The normalized spacial score (nSPS) is 11.1. The van der Waals surface area contributed by atoms with Crippen molar-refractivity contribution in [2.45, 2.75) is 17.1 Å². The van der Waals surface area contributed by atoms with Crippen LogP contribution in [0.25, 0.3) is 0 Å². The molecule has 29 heavy (non-hydrogen) atoms. The van der Waals surface area contributed by atoms with E-state index < -0.39 is 33.2 Å². The number of furan rings is 1. The summed E-state index contributed by atoms with van der Waals surface area (Å²) in [4.78, 5) is 24.1. The van der Waals surface area contributed by atoms with Gasteiger partial charge in [-0.25, -0.2) is 12.8 Å². The Morgan fingerprint density at radius 1 is 0.931 bits per heavy atom. The molecule has 3 aromatic rings. The average molecular weight is 416 g/mol. The van der Waals surface area contributed by atoms with Crippen LogP contribution in [0.4, 0.5) is 4.39 Å². The van der Waals surface area contributed by atoms with Crippen molar-refractivity contribution < 1.29 is 26.8 Å². The molecule has 3 rings (SSSR count). The minimum absolute atomic E-state index is 0.0880. The monoisotopic (exact) mass is 416 g/mol. The van der Waals surface area contributed by atoms with Crippen molar-refractivity contribution in [2.24, 2.45) is 0 Å². The first kappa shape index (κ1) is 20.3. The first-order chi connectivity index (χ1) is 13.8. The summed E-state index contributed by atoms with van der Waals surface area (Å²) in [7, 11) is -3.62. The number of benzene rings is 2. The molecule has 0 saturated carbocycles. The summed E-state index contributed by atoms with van der Waals surface area (Å²) in [5.41, 5.74) is 4.81. The lowest BCUT2D eigenvalue weighted by Crippen LogP contribution is -2.42. The number of hydrogen-bond donors (Lipinski definition) is 2. The van der Waals surface area contributed by atoms with Crippen LogP contribution in [0.3, 0.4) is 0 Å². The highest BCUT2D eigenvalue weighted by Gasteiger charge is 2.19. The zero-order valence-electron chi connectivity index (χ0n) is 15.1. The number of hydrogen-bond acceptors (Lipinski definition) is 5. The zero-order chi connectivity index (χ0) is 20.9. The number of carbonyl (C=O) groups is 2. The molecule has 0 bridgehead atoms. The molecule has 2 aromatic carbocycles. The van der Waals surface area contributed by atoms with Gasteiger partial charge in [0.1, 0.15) is 17.3 Å². The molecule has 0 unspecified atom stereocenters. The minimum atomic E-state index is -3.62. The van der Waals surface area contributed by atoms with Gasteiger partial charge in [0.25, 0.3) is 0 Å². The molecule has 2 amide bonds. The summed E-state index contributed by atoms with van der Waals surface area (Å²) in [6.45, 7) is 0. The molecule has 0 fully saturated rings. The van der Waals surface area contributed by atoms with Crippen LogP contribution < -0.4 is 10.9 Å². The third kappa shape index (κ3) is 5.52. The maximum atomic E-state index is 13.1. The molecule has 1 aromatic heterocycles. The Hall–Kier alpha value is -3.46.